The molecule has 4 heteroatoms. The Morgan fingerprint density at radius 3 is 2.86 bits per heavy atom. The molecule has 0 amide bonds. The van der Waals surface area contributed by atoms with Crippen molar-refractivity contribution in [3.8, 4) is 0 Å². The summed E-state index contributed by atoms with van der Waals surface area (Å²) in [5, 5.41) is 13.3. The summed E-state index contributed by atoms with van der Waals surface area (Å²) in [6, 6.07) is 3.86. The van der Waals surface area contributed by atoms with Crippen molar-refractivity contribution in [1.82, 2.24) is 0 Å². The summed E-state index contributed by atoms with van der Waals surface area (Å²) in [5.41, 5.74) is 8.55. The lowest BCUT2D eigenvalue weighted by Crippen LogP contribution is -1.93. The van der Waals surface area contributed by atoms with Crippen molar-refractivity contribution in [3.05, 3.63) is 28.6 Å². The zero-order valence-corrected chi connectivity index (χ0v) is 9.86. The average molecular weight is 272 g/mol. The Labute approximate surface area is 94.5 Å². The molecule has 0 spiro atoms. The molecule has 74 valence electrons. The number of nitrogens with two attached hydrogens (primary N) is 1. The van der Waals surface area contributed by atoms with Crippen LogP contribution in [0.4, 0.5) is 5.69 Å². The lowest BCUT2D eigenvalue weighted by molar-refractivity contribution is 0.284. The van der Waals surface area contributed by atoms with Gasteiger partial charge in [-0.05, 0) is 22.4 Å². The quantitative estimate of drug-likeness (QED) is 0.652. The number of hydrogen-bond donors (Lipinski definition) is 2. The van der Waals surface area contributed by atoms with E-state index < -0.39 is 0 Å². The molecule has 0 unspecified atom stereocenters. The summed E-state index contributed by atoms with van der Waals surface area (Å²) in [7, 11) is 0. The molecule has 0 radical (unpaired) electrons. The van der Waals surface area contributed by atoms with Crippen molar-refractivity contribution >= 4 is 43.0 Å². The minimum absolute atomic E-state index is 0.00537. The molecule has 0 bridgehead atoms. The van der Waals surface area contributed by atoms with Crippen LogP contribution < -0.4 is 5.73 Å². The van der Waals surface area contributed by atoms with E-state index in [4.69, 9.17) is 5.73 Å². The van der Waals surface area contributed by atoms with Gasteiger partial charge in [-0.1, -0.05) is 22.0 Å². The van der Waals surface area contributed by atoms with Crippen LogP contribution in [0.25, 0.3) is 10.1 Å². The number of aliphatic hydroxyl groups excluding tert-OH is 1. The number of benzene rings is 1. The highest BCUT2D eigenvalue weighted by atomic mass is 79.9. The van der Waals surface area contributed by atoms with Crippen molar-refractivity contribution in [2.24, 2.45) is 0 Å². The smallest absolute Gasteiger partial charge is 0.0716 e. The Morgan fingerprint density at radius 1 is 1.43 bits per heavy atom. The maximum atomic E-state index is 9.21. The summed E-state index contributed by atoms with van der Waals surface area (Å²) in [4.78, 5) is 0. The van der Waals surface area contributed by atoms with Crippen LogP contribution in [0.2, 0.25) is 0 Å². The zero-order valence-electron chi connectivity index (χ0n) is 7.46. The second kappa shape index (κ2) is 3.88. The van der Waals surface area contributed by atoms with Gasteiger partial charge < -0.3 is 10.8 Å². The van der Waals surface area contributed by atoms with Crippen LogP contribution in [-0.4, -0.2) is 5.11 Å². The number of aliphatic hydroxyl groups is 1. The monoisotopic (exact) mass is 271 g/mol. The van der Waals surface area contributed by atoms with Crippen LogP contribution in [-0.2, 0) is 11.9 Å². The number of nitrogen functional groups attached to an aromatic ring is 1. The third-order valence-electron chi connectivity index (χ3n) is 2.26. The first kappa shape index (κ1) is 9.96. The Bertz CT molecular complexity index is 466. The summed E-state index contributed by atoms with van der Waals surface area (Å²) in [6.07, 6.45) is 0. The molecule has 0 saturated carbocycles. The summed E-state index contributed by atoms with van der Waals surface area (Å²) >= 11 is 5.07. The van der Waals surface area contributed by atoms with Crippen molar-refractivity contribution in [3.63, 3.8) is 0 Å². The van der Waals surface area contributed by atoms with E-state index >= 15 is 0 Å². The molecular formula is C10H10BrNOS. The van der Waals surface area contributed by atoms with E-state index in [0.29, 0.717) is 5.69 Å². The number of rotatable bonds is 2. The van der Waals surface area contributed by atoms with Gasteiger partial charge in [0.1, 0.15) is 0 Å². The standard InChI is InChI=1S/C10H10BrNOS/c11-3-6-5-14-10-7(6)1-2-9(12)8(10)4-13/h1-2,5,13H,3-4,12H2. The Balaban J connectivity index is 2.76. The fourth-order valence-electron chi connectivity index (χ4n) is 1.49. The van der Waals surface area contributed by atoms with E-state index in [-0.39, 0.29) is 6.61 Å². The molecule has 0 aliphatic heterocycles. The lowest BCUT2D eigenvalue weighted by atomic mass is 10.1. The van der Waals surface area contributed by atoms with E-state index in [1.165, 1.54) is 10.9 Å². The van der Waals surface area contributed by atoms with Gasteiger partial charge in [-0.3, -0.25) is 0 Å². The van der Waals surface area contributed by atoms with Gasteiger partial charge in [-0.2, -0.15) is 0 Å². The van der Waals surface area contributed by atoms with Gasteiger partial charge in [0.05, 0.1) is 6.61 Å². The van der Waals surface area contributed by atoms with Crippen molar-refractivity contribution in [2.45, 2.75) is 11.9 Å². The van der Waals surface area contributed by atoms with Gasteiger partial charge >= 0.3 is 0 Å². The van der Waals surface area contributed by atoms with E-state index in [0.717, 1.165) is 15.6 Å². The SMILES string of the molecule is Nc1ccc2c(CBr)csc2c1CO. The van der Waals surface area contributed by atoms with Crippen molar-refractivity contribution in [1.29, 1.82) is 0 Å². The molecule has 1 heterocycles. The predicted molar refractivity (Wildman–Crippen MR) is 64.8 cm³/mol. The van der Waals surface area contributed by atoms with E-state index in [2.05, 4.69) is 21.3 Å². The lowest BCUT2D eigenvalue weighted by Gasteiger charge is -2.03. The number of halogens is 1. The minimum Gasteiger partial charge on any atom is -0.398 e. The molecule has 0 atom stereocenters. The average Bonchev–Trinajstić information content (AvgIpc) is 2.60. The molecule has 2 rings (SSSR count). The first-order valence-electron chi connectivity index (χ1n) is 4.22. The second-order valence-electron chi connectivity index (χ2n) is 3.06. The fourth-order valence-corrected chi connectivity index (χ4v) is 3.29. The number of fused-ring (bicyclic) bond motifs is 1. The Morgan fingerprint density at radius 2 is 2.21 bits per heavy atom. The molecule has 1 aromatic heterocycles. The molecule has 3 N–H and O–H groups in total. The van der Waals surface area contributed by atoms with Gasteiger partial charge in [0.15, 0.2) is 0 Å². The summed E-state index contributed by atoms with van der Waals surface area (Å²) in [6.45, 7) is 0.00537. The third-order valence-corrected chi connectivity index (χ3v) is 3.97. The van der Waals surface area contributed by atoms with E-state index in [9.17, 15) is 5.11 Å². The topological polar surface area (TPSA) is 46.2 Å². The molecule has 2 nitrogen and oxygen atoms in total. The van der Waals surface area contributed by atoms with Crippen LogP contribution in [0.5, 0.6) is 0 Å². The van der Waals surface area contributed by atoms with Gasteiger partial charge in [-0.15, -0.1) is 11.3 Å². The zero-order chi connectivity index (χ0) is 10.1. The highest BCUT2D eigenvalue weighted by Crippen LogP contribution is 2.33. The number of anilines is 1. The summed E-state index contributed by atoms with van der Waals surface area (Å²) < 4.78 is 1.10. The van der Waals surface area contributed by atoms with E-state index in [1.807, 2.05) is 12.1 Å². The maximum absolute atomic E-state index is 9.21. The van der Waals surface area contributed by atoms with Crippen LogP contribution >= 0.6 is 27.3 Å². The van der Waals surface area contributed by atoms with Gasteiger partial charge in [-0.25, -0.2) is 0 Å². The number of thiophene rings is 1. The Hall–Kier alpha value is -0.580. The van der Waals surface area contributed by atoms with Crippen LogP contribution in [0.1, 0.15) is 11.1 Å². The highest BCUT2D eigenvalue weighted by molar-refractivity contribution is 9.08. The highest BCUT2D eigenvalue weighted by Gasteiger charge is 2.09. The van der Waals surface area contributed by atoms with Crippen LogP contribution in [0.15, 0.2) is 17.5 Å². The van der Waals surface area contributed by atoms with Crippen molar-refractivity contribution < 1.29 is 5.11 Å². The van der Waals surface area contributed by atoms with Crippen LogP contribution in [0.3, 0.4) is 0 Å². The van der Waals surface area contributed by atoms with E-state index in [1.54, 1.807) is 11.3 Å². The number of hydrogen-bond acceptors (Lipinski definition) is 3. The molecule has 1 aromatic carbocycles. The molecule has 0 aliphatic rings. The number of alkyl halides is 1. The fraction of sp³-hybridized carbons (Fsp3) is 0.200. The van der Waals surface area contributed by atoms with Crippen LogP contribution in [0, 0.1) is 0 Å². The molecular weight excluding hydrogens is 262 g/mol. The first-order chi connectivity index (χ1) is 6.77. The first-order valence-corrected chi connectivity index (χ1v) is 6.22. The maximum Gasteiger partial charge on any atom is 0.0716 e. The second-order valence-corrected chi connectivity index (χ2v) is 4.50. The largest absolute Gasteiger partial charge is 0.398 e. The molecule has 0 fully saturated rings. The molecule has 14 heavy (non-hydrogen) atoms. The van der Waals surface area contributed by atoms with Gasteiger partial charge in [0.25, 0.3) is 0 Å². The molecule has 2 aromatic rings. The minimum atomic E-state index is 0.00537. The van der Waals surface area contributed by atoms with Gasteiger partial charge in [0.2, 0.25) is 0 Å². The Kier molecular flexibility index (Phi) is 2.76. The molecule has 0 aliphatic carbocycles. The summed E-state index contributed by atoms with van der Waals surface area (Å²) in [5.74, 6) is 0. The predicted octanol–water partition coefficient (Wildman–Crippen LogP) is 2.87. The van der Waals surface area contributed by atoms with Crippen molar-refractivity contribution in [2.75, 3.05) is 5.73 Å². The molecule has 0 saturated heterocycles. The third kappa shape index (κ3) is 1.43. The van der Waals surface area contributed by atoms with Gasteiger partial charge in [0, 0.05) is 21.3 Å². The normalized spacial score (nSPS) is 11.0.